The van der Waals surface area contributed by atoms with Gasteiger partial charge in [-0.2, -0.15) is 0 Å². The van der Waals surface area contributed by atoms with Crippen molar-refractivity contribution < 1.29 is 9.90 Å². The number of hydrogen-bond donors (Lipinski definition) is 2. The molecule has 80 valence electrons. The standard InChI is InChI=1S/C13H11NO2/c1-2-13(16)14-11-7-9-5-3-4-6-10(9)8-12(11)15/h2-8,15H,1H2,(H,14,16). The molecule has 0 saturated heterocycles. The number of carbonyl (C=O) groups excluding carboxylic acids is 1. The number of nitrogens with one attached hydrogen (secondary N) is 1. The van der Waals surface area contributed by atoms with Gasteiger partial charge in [0, 0.05) is 0 Å². The summed E-state index contributed by atoms with van der Waals surface area (Å²) in [4.78, 5) is 11.1. The van der Waals surface area contributed by atoms with E-state index in [1.165, 1.54) is 0 Å². The Bertz CT molecular complexity index is 561. The molecule has 1 amide bonds. The Balaban J connectivity index is 2.49. The maximum atomic E-state index is 11.1. The number of rotatable bonds is 2. The highest BCUT2D eigenvalue weighted by Crippen LogP contribution is 2.29. The van der Waals surface area contributed by atoms with Crippen molar-refractivity contribution in [2.45, 2.75) is 0 Å². The van der Waals surface area contributed by atoms with Gasteiger partial charge in [0.05, 0.1) is 5.69 Å². The number of fused-ring (bicyclic) bond motifs is 1. The zero-order valence-electron chi connectivity index (χ0n) is 8.60. The fourth-order valence-corrected chi connectivity index (χ4v) is 1.51. The van der Waals surface area contributed by atoms with E-state index >= 15 is 0 Å². The van der Waals surface area contributed by atoms with Crippen molar-refractivity contribution in [3.63, 3.8) is 0 Å². The van der Waals surface area contributed by atoms with Gasteiger partial charge in [-0.25, -0.2) is 0 Å². The van der Waals surface area contributed by atoms with E-state index in [9.17, 15) is 9.90 Å². The molecule has 0 radical (unpaired) electrons. The van der Waals surface area contributed by atoms with Gasteiger partial charge in [-0.05, 0) is 29.0 Å². The van der Waals surface area contributed by atoms with Gasteiger partial charge >= 0.3 is 0 Å². The van der Waals surface area contributed by atoms with Gasteiger partial charge in [-0.15, -0.1) is 0 Å². The van der Waals surface area contributed by atoms with E-state index < -0.39 is 0 Å². The second-order valence-corrected chi connectivity index (χ2v) is 3.41. The van der Waals surface area contributed by atoms with Crippen LogP contribution in [-0.4, -0.2) is 11.0 Å². The third-order valence-corrected chi connectivity index (χ3v) is 2.31. The Hall–Kier alpha value is -2.29. The number of phenols is 1. The van der Waals surface area contributed by atoms with Crippen LogP contribution >= 0.6 is 0 Å². The van der Waals surface area contributed by atoms with E-state index in [4.69, 9.17) is 0 Å². The maximum Gasteiger partial charge on any atom is 0.247 e. The van der Waals surface area contributed by atoms with Crippen molar-refractivity contribution in [3.05, 3.63) is 49.1 Å². The molecule has 0 atom stereocenters. The molecule has 0 aliphatic rings. The highest BCUT2D eigenvalue weighted by atomic mass is 16.3. The van der Waals surface area contributed by atoms with Gasteiger partial charge in [0.25, 0.3) is 0 Å². The van der Waals surface area contributed by atoms with E-state index in [1.54, 1.807) is 12.1 Å². The number of anilines is 1. The number of amides is 1. The Labute approximate surface area is 93.0 Å². The molecule has 3 nitrogen and oxygen atoms in total. The molecule has 0 heterocycles. The first-order valence-electron chi connectivity index (χ1n) is 4.86. The van der Waals surface area contributed by atoms with Crippen LogP contribution in [0.4, 0.5) is 5.69 Å². The molecule has 0 aliphatic carbocycles. The summed E-state index contributed by atoms with van der Waals surface area (Å²) in [5.74, 6) is -0.292. The maximum absolute atomic E-state index is 11.1. The molecule has 0 aliphatic heterocycles. The lowest BCUT2D eigenvalue weighted by Gasteiger charge is -2.07. The molecule has 0 bridgehead atoms. The van der Waals surface area contributed by atoms with Gasteiger partial charge < -0.3 is 10.4 Å². The van der Waals surface area contributed by atoms with Crippen LogP contribution in [0.15, 0.2) is 49.1 Å². The van der Waals surface area contributed by atoms with Crippen molar-refractivity contribution in [1.82, 2.24) is 0 Å². The summed E-state index contributed by atoms with van der Waals surface area (Å²) in [5.41, 5.74) is 0.392. The number of phenolic OH excluding ortho intramolecular Hbond substituents is 1. The Morgan fingerprint density at radius 3 is 2.50 bits per heavy atom. The van der Waals surface area contributed by atoms with Crippen molar-refractivity contribution in [2.24, 2.45) is 0 Å². The van der Waals surface area contributed by atoms with E-state index in [0.717, 1.165) is 16.8 Å². The number of carbonyl (C=O) groups is 1. The lowest BCUT2D eigenvalue weighted by atomic mass is 10.1. The van der Waals surface area contributed by atoms with Crippen LogP contribution in [0, 0.1) is 0 Å². The van der Waals surface area contributed by atoms with Gasteiger partial charge in [-0.3, -0.25) is 4.79 Å². The minimum Gasteiger partial charge on any atom is -0.506 e. The molecule has 0 unspecified atom stereocenters. The molecule has 0 spiro atoms. The molecule has 16 heavy (non-hydrogen) atoms. The largest absolute Gasteiger partial charge is 0.506 e. The molecule has 2 rings (SSSR count). The Morgan fingerprint density at radius 1 is 1.25 bits per heavy atom. The minimum atomic E-state index is -0.342. The minimum absolute atomic E-state index is 0.0499. The Kier molecular flexibility index (Phi) is 2.60. The van der Waals surface area contributed by atoms with E-state index in [2.05, 4.69) is 11.9 Å². The molecular formula is C13H11NO2. The zero-order valence-corrected chi connectivity index (χ0v) is 8.60. The van der Waals surface area contributed by atoms with Crippen molar-refractivity contribution in [2.75, 3.05) is 5.32 Å². The SMILES string of the molecule is C=CC(=O)Nc1cc2ccccc2cc1O. The third kappa shape index (κ3) is 1.88. The third-order valence-electron chi connectivity index (χ3n) is 2.31. The lowest BCUT2D eigenvalue weighted by molar-refractivity contribution is -0.111. The highest BCUT2D eigenvalue weighted by molar-refractivity contribution is 6.02. The fourth-order valence-electron chi connectivity index (χ4n) is 1.51. The normalized spacial score (nSPS) is 10.0. The van der Waals surface area contributed by atoms with Crippen LogP contribution in [0.2, 0.25) is 0 Å². The topological polar surface area (TPSA) is 49.3 Å². The summed E-state index contributed by atoms with van der Waals surface area (Å²) < 4.78 is 0. The van der Waals surface area contributed by atoms with Gasteiger partial charge in [0.2, 0.25) is 5.91 Å². The molecule has 2 N–H and O–H groups in total. The Morgan fingerprint density at radius 2 is 1.88 bits per heavy atom. The molecule has 2 aromatic carbocycles. The van der Waals surface area contributed by atoms with Gasteiger partial charge in [0.1, 0.15) is 5.75 Å². The average Bonchev–Trinajstić information content (AvgIpc) is 2.30. The van der Waals surface area contributed by atoms with Crippen LogP contribution < -0.4 is 5.32 Å². The van der Waals surface area contributed by atoms with Gasteiger partial charge in [-0.1, -0.05) is 30.8 Å². The molecule has 0 fully saturated rings. The molecule has 0 saturated carbocycles. The number of hydrogen-bond acceptors (Lipinski definition) is 2. The summed E-state index contributed by atoms with van der Waals surface area (Å²) >= 11 is 0. The highest BCUT2D eigenvalue weighted by Gasteiger charge is 2.05. The monoisotopic (exact) mass is 213 g/mol. The molecule has 2 aromatic rings. The van der Waals surface area contributed by atoms with E-state index in [1.807, 2.05) is 24.3 Å². The zero-order chi connectivity index (χ0) is 11.5. The first kappa shape index (κ1) is 10.2. The van der Waals surface area contributed by atoms with Crippen LogP contribution in [0.1, 0.15) is 0 Å². The molecular weight excluding hydrogens is 202 g/mol. The predicted octanol–water partition coefficient (Wildman–Crippen LogP) is 2.67. The average molecular weight is 213 g/mol. The van der Waals surface area contributed by atoms with Crippen molar-refractivity contribution >= 4 is 22.4 Å². The molecule has 3 heteroatoms. The lowest BCUT2D eigenvalue weighted by Crippen LogP contribution is -2.07. The summed E-state index contributed by atoms with van der Waals surface area (Å²) in [5, 5.41) is 14.1. The quantitative estimate of drug-likeness (QED) is 0.595. The van der Waals surface area contributed by atoms with Crippen LogP contribution in [-0.2, 0) is 4.79 Å². The van der Waals surface area contributed by atoms with Gasteiger partial charge in [0.15, 0.2) is 0 Å². The van der Waals surface area contributed by atoms with Crippen LogP contribution in [0.5, 0.6) is 5.75 Å². The summed E-state index contributed by atoms with van der Waals surface area (Å²) in [6.07, 6.45) is 1.16. The first-order chi connectivity index (χ1) is 7.70. The summed E-state index contributed by atoms with van der Waals surface area (Å²) in [6.45, 7) is 3.36. The van der Waals surface area contributed by atoms with E-state index in [-0.39, 0.29) is 11.7 Å². The van der Waals surface area contributed by atoms with Crippen molar-refractivity contribution in [1.29, 1.82) is 0 Å². The second kappa shape index (κ2) is 4.06. The van der Waals surface area contributed by atoms with Crippen molar-refractivity contribution in [3.8, 4) is 5.75 Å². The molecule has 0 aromatic heterocycles. The van der Waals surface area contributed by atoms with Crippen LogP contribution in [0.3, 0.4) is 0 Å². The number of benzene rings is 2. The van der Waals surface area contributed by atoms with E-state index in [0.29, 0.717) is 5.69 Å². The summed E-state index contributed by atoms with van der Waals surface area (Å²) in [6, 6.07) is 11.0. The predicted molar refractivity (Wildman–Crippen MR) is 64.4 cm³/mol. The second-order valence-electron chi connectivity index (χ2n) is 3.41. The fraction of sp³-hybridized carbons (Fsp3) is 0. The van der Waals surface area contributed by atoms with Crippen LogP contribution in [0.25, 0.3) is 10.8 Å². The first-order valence-corrected chi connectivity index (χ1v) is 4.86. The smallest absolute Gasteiger partial charge is 0.247 e. The number of aromatic hydroxyl groups is 1. The summed E-state index contributed by atoms with van der Waals surface area (Å²) in [7, 11) is 0.